The second kappa shape index (κ2) is 4.13. The van der Waals surface area contributed by atoms with Crippen LogP contribution in [0.5, 0.6) is 0 Å². The van der Waals surface area contributed by atoms with Crippen LogP contribution in [0.2, 0.25) is 0 Å². The van der Waals surface area contributed by atoms with Gasteiger partial charge in [0.15, 0.2) is 11.9 Å². The van der Waals surface area contributed by atoms with Gasteiger partial charge in [0.05, 0.1) is 6.26 Å². The van der Waals surface area contributed by atoms with E-state index < -0.39 is 6.10 Å². The normalized spacial score (nSPS) is 21.7. The third kappa shape index (κ3) is 2.15. The summed E-state index contributed by atoms with van der Waals surface area (Å²) in [7, 11) is 0. The van der Waals surface area contributed by atoms with E-state index in [9.17, 15) is 4.79 Å². The van der Waals surface area contributed by atoms with Crippen molar-refractivity contribution in [3.63, 3.8) is 0 Å². The van der Waals surface area contributed by atoms with Crippen molar-refractivity contribution >= 4 is 11.9 Å². The molecule has 2 heteroatoms. The summed E-state index contributed by atoms with van der Waals surface area (Å²) in [6, 6.07) is 9.89. The van der Waals surface area contributed by atoms with Gasteiger partial charge in [0.1, 0.15) is 0 Å². The lowest BCUT2D eigenvalue weighted by Crippen LogP contribution is -2.17. The number of ether oxygens (including phenoxy) is 1. The Morgan fingerprint density at radius 2 is 2.07 bits per heavy atom. The molecule has 0 saturated heterocycles. The SMILES string of the molecule is CC(=O)C1OC=CC1=Cc1ccccc1. The smallest absolute Gasteiger partial charge is 0.181 e. The molecule has 0 fully saturated rings. The zero-order chi connectivity index (χ0) is 10.7. The molecule has 0 N–H and O–H groups in total. The molecule has 0 spiro atoms. The number of ketones is 1. The molecule has 76 valence electrons. The monoisotopic (exact) mass is 200 g/mol. The maximum Gasteiger partial charge on any atom is 0.181 e. The summed E-state index contributed by atoms with van der Waals surface area (Å²) < 4.78 is 5.20. The predicted octanol–water partition coefficient (Wildman–Crippen LogP) is 2.57. The van der Waals surface area contributed by atoms with E-state index in [-0.39, 0.29) is 5.78 Å². The minimum atomic E-state index is -0.426. The molecule has 0 amide bonds. The first-order valence-electron chi connectivity index (χ1n) is 4.86. The lowest BCUT2D eigenvalue weighted by Gasteiger charge is -2.07. The molecule has 1 aliphatic rings. The zero-order valence-electron chi connectivity index (χ0n) is 8.51. The largest absolute Gasteiger partial charge is 0.486 e. The van der Waals surface area contributed by atoms with Crippen molar-refractivity contribution < 1.29 is 9.53 Å². The molecule has 2 nitrogen and oxygen atoms in total. The molecule has 0 aliphatic carbocycles. The number of Topliss-reactive ketones (excluding diaryl/α,β-unsaturated/α-hetero) is 1. The highest BCUT2D eigenvalue weighted by Gasteiger charge is 2.21. The quantitative estimate of drug-likeness (QED) is 0.733. The molecular weight excluding hydrogens is 188 g/mol. The van der Waals surface area contributed by atoms with Gasteiger partial charge in [0, 0.05) is 5.57 Å². The Kier molecular flexibility index (Phi) is 2.68. The summed E-state index contributed by atoms with van der Waals surface area (Å²) in [5, 5.41) is 0. The topological polar surface area (TPSA) is 26.3 Å². The maximum absolute atomic E-state index is 11.2. The summed E-state index contributed by atoms with van der Waals surface area (Å²) in [5.41, 5.74) is 1.99. The van der Waals surface area contributed by atoms with Crippen LogP contribution in [-0.2, 0) is 9.53 Å². The van der Waals surface area contributed by atoms with Crippen LogP contribution in [0.4, 0.5) is 0 Å². The van der Waals surface area contributed by atoms with Gasteiger partial charge in [-0.15, -0.1) is 0 Å². The van der Waals surface area contributed by atoms with E-state index in [1.165, 1.54) is 6.92 Å². The molecule has 1 aromatic carbocycles. The lowest BCUT2D eigenvalue weighted by atomic mass is 10.0. The van der Waals surface area contributed by atoms with Crippen LogP contribution in [0.3, 0.4) is 0 Å². The molecule has 0 saturated carbocycles. The molecule has 0 bridgehead atoms. The van der Waals surface area contributed by atoms with Crippen molar-refractivity contribution in [2.45, 2.75) is 13.0 Å². The second-order valence-corrected chi connectivity index (χ2v) is 3.48. The zero-order valence-corrected chi connectivity index (χ0v) is 8.51. The molecule has 1 aromatic rings. The number of carbonyl (C=O) groups excluding carboxylic acids is 1. The highest BCUT2D eigenvalue weighted by Crippen LogP contribution is 2.20. The van der Waals surface area contributed by atoms with E-state index in [0.29, 0.717) is 0 Å². The highest BCUT2D eigenvalue weighted by atomic mass is 16.5. The van der Waals surface area contributed by atoms with Gasteiger partial charge in [-0.1, -0.05) is 30.3 Å². The first kappa shape index (κ1) is 9.71. The summed E-state index contributed by atoms with van der Waals surface area (Å²) in [6.07, 6.45) is 4.94. The Bertz CT molecular complexity index is 415. The van der Waals surface area contributed by atoms with Crippen molar-refractivity contribution in [1.82, 2.24) is 0 Å². The summed E-state index contributed by atoms with van der Waals surface area (Å²) in [6.45, 7) is 1.54. The van der Waals surface area contributed by atoms with Gasteiger partial charge in [-0.3, -0.25) is 4.79 Å². The average Bonchev–Trinajstić information content (AvgIpc) is 2.67. The Morgan fingerprint density at radius 3 is 2.73 bits per heavy atom. The minimum absolute atomic E-state index is 0.0298. The van der Waals surface area contributed by atoms with Gasteiger partial charge >= 0.3 is 0 Å². The third-order valence-electron chi connectivity index (χ3n) is 2.28. The molecule has 15 heavy (non-hydrogen) atoms. The summed E-state index contributed by atoms with van der Waals surface area (Å²) >= 11 is 0. The highest BCUT2D eigenvalue weighted by molar-refractivity contribution is 5.87. The second-order valence-electron chi connectivity index (χ2n) is 3.48. The van der Waals surface area contributed by atoms with Gasteiger partial charge in [-0.2, -0.15) is 0 Å². The van der Waals surface area contributed by atoms with E-state index in [4.69, 9.17) is 4.74 Å². The van der Waals surface area contributed by atoms with Crippen molar-refractivity contribution in [2.75, 3.05) is 0 Å². The Hall–Kier alpha value is -1.83. The van der Waals surface area contributed by atoms with Crippen LogP contribution in [0.25, 0.3) is 6.08 Å². The number of benzene rings is 1. The number of rotatable bonds is 2. The van der Waals surface area contributed by atoms with Crippen LogP contribution >= 0.6 is 0 Å². The number of hydrogen-bond acceptors (Lipinski definition) is 2. The molecule has 0 radical (unpaired) electrons. The molecule has 2 rings (SSSR count). The lowest BCUT2D eigenvalue weighted by molar-refractivity contribution is -0.122. The van der Waals surface area contributed by atoms with Crippen LogP contribution < -0.4 is 0 Å². The molecule has 0 aromatic heterocycles. The molecule has 1 atom stereocenters. The molecule has 1 unspecified atom stereocenters. The number of hydrogen-bond donors (Lipinski definition) is 0. The van der Waals surface area contributed by atoms with E-state index in [1.54, 1.807) is 6.26 Å². The Morgan fingerprint density at radius 1 is 1.33 bits per heavy atom. The van der Waals surface area contributed by atoms with Gasteiger partial charge in [0.2, 0.25) is 0 Å². The van der Waals surface area contributed by atoms with Gasteiger partial charge in [-0.25, -0.2) is 0 Å². The van der Waals surface area contributed by atoms with Gasteiger partial charge in [-0.05, 0) is 24.6 Å². The van der Waals surface area contributed by atoms with Crippen molar-refractivity contribution in [1.29, 1.82) is 0 Å². The van der Waals surface area contributed by atoms with Crippen LogP contribution in [-0.4, -0.2) is 11.9 Å². The van der Waals surface area contributed by atoms with Crippen molar-refractivity contribution in [2.24, 2.45) is 0 Å². The van der Waals surface area contributed by atoms with Crippen molar-refractivity contribution in [3.8, 4) is 0 Å². The summed E-state index contributed by atoms with van der Waals surface area (Å²) in [4.78, 5) is 11.2. The maximum atomic E-state index is 11.2. The first-order chi connectivity index (χ1) is 7.27. The molecule has 1 aliphatic heterocycles. The van der Waals surface area contributed by atoms with Gasteiger partial charge in [0.25, 0.3) is 0 Å². The molecule has 1 heterocycles. The van der Waals surface area contributed by atoms with E-state index >= 15 is 0 Å². The van der Waals surface area contributed by atoms with Crippen molar-refractivity contribution in [3.05, 3.63) is 53.8 Å². The Labute approximate surface area is 88.9 Å². The van der Waals surface area contributed by atoms with Gasteiger partial charge < -0.3 is 4.74 Å². The molecular formula is C13H12O2. The minimum Gasteiger partial charge on any atom is -0.486 e. The van der Waals surface area contributed by atoms with E-state index in [1.807, 2.05) is 42.5 Å². The number of carbonyl (C=O) groups is 1. The van der Waals surface area contributed by atoms with Crippen LogP contribution in [0.15, 0.2) is 48.2 Å². The predicted molar refractivity (Wildman–Crippen MR) is 59.1 cm³/mol. The first-order valence-corrected chi connectivity index (χ1v) is 4.86. The average molecular weight is 200 g/mol. The van der Waals surface area contributed by atoms with Crippen LogP contribution in [0.1, 0.15) is 12.5 Å². The fourth-order valence-electron chi connectivity index (χ4n) is 1.56. The fraction of sp³-hybridized carbons (Fsp3) is 0.154. The van der Waals surface area contributed by atoms with E-state index in [2.05, 4.69) is 0 Å². The standard InChI is InChI=1S/C13H12O2/c1-10(14)13-12(7-8-15-13)9-11-5-3-2-4-6-11/h2-9,13H,1H3. The Balaban J connectivity index is 2.27. The fourth-order valence-corrected chi connectivity index (χ4v) is 1.56. The third-order valence-corrected chi connectivity index (χ3v) is 2.28. The van der Waals surface area contributed by atoms with E-state index in [0.717, 1.165) is 11.1 Å². The summed E-state index contributed by atoms with van der Waals surface area (Å²) in [5.74, 6) is 0.0298. The van der Waals surface area contributed by atoms with Crippen LogP contribution in [0, 0.1) is 0 Å².